The van der Waals surface area contributed by atoms with Gasteiger partial charge in [0.05, 0.1) is 12.6 Å². The Bertz CT molecular complexity index is 1740. The molecule has 9 heteroatoms. The van der Waals surface area contributed by atoms with Crippen molar-refractivity contribution < 1.29 is 20.0 Å². The molecule has 4 N–H and O–H groups in total. The summed E-state index contributed by atoms with van der Waals surface area (Å²) in [7, 11) is 0. The minimum Gasteiger partial charge on any atom is -0.595 e. The molecule has 3 aromatic carbocycles. The molecule has 2 aliphatic rings. The van der Waals surface area contributed by atoms with Crippen LogP contribution in [-0.2, 0) is 22.4 Å². The summed E-state index contributed by atoms with van der Waals surface area (Å²) >= 11 is 0. The van der Waals surface area contributed by atoms with Gasteiger partial charge in [-0.2, -0.15) is 5.23 Å². The van der Waals surface area contributed by atoms with Crippen molar-refractivity contribution in [2.45, 2.75) is 24.9 Å². The molecule has 3 atom stereocenters. The summed E-state index contributed by atoms with van der Waals surface area (Å²) in [6, 6.07) is 21.4. The maximum Gasteiger partial charge on any atom is 0.246 e. The van der Waals surface area contributed by atoms with Gasteiger partial charge in [-0.15, -0.1) is 0 Å². The van der Waals surface area contributed by atoms with Crippen LogP contribution in [0.4, 0.5) is 5.69 Å². The predicted octanol–water partition coefficient (Wildman–Crippen LogP) is 2.98. The van der Waals surface area contributed by atoms with Gasteiger partial charge in [-0.05, 0) is 35.2 Å². The van der Waals surface area contributed by atoms with E-state index in [1.807, 2.05) is 54.7 Å². The molecule has 9 nitrogen and oxygen atoms in total. The smallest absolute Gasteiger partial charge is 0.246 e. The van der Waals surface area contributed by atoms with Gasteiger partial charge in [0.1, 0.15) is 6.04 Å². The summed E-state index contributed by atoms with van der Waals surface area (Å²) in [5.74, 6) is -0.224. The fourth-order valence-corrected chi connectivity index (χ4v) is 6.29. The molecule has 1 saturated heterocycles. The van der Waals surface area contributed by atoms with E-state index >= 15 is 0 Å². The topological polar surface area (TPSA) is 120 Å². The van der Waals surface area contributed by atoms with Gasteiger partial charge in [-0.1, -0.05) is 48.5 Å². The Morgan fingerprint density at radius 1 is 0.974 bits per heavy atom. The number of nitrogens with one attached hydrogen (secondary N) is 3. The highest BCUT2D eigenvalue weighted by Crippen LogP contribution is 2.42. The molecule has 1 fully saturated rings. The van der Waals surface area contributed by atoms with Crippen LogP contribution in [0.15, 0.2) is 79.0 Å². The van der Waals surface area contributed by atoms with E-state index in [0.717, 1.165) is 38.6 Å². The second-order valence-electron chi connectivity index (χ2n) is 10.3. The Morgan fingerprint density at radius 2 is 1.74 bits per heavy atom. The zero-order valence-electron chi connectivity index (χ0n) is 21.1. The number of fused-ring (bicyclic) bond motifs is 5. The Morgan fingerprint density at radius 3 is 2.56 bits per heavy atom. The number of benzene rings is 3. The van der Waals surface area contributed by atoms with E-state index in [0.29, 0.717) is 24.9 Å². The average molecular weight is 522 g/mol. The van der Waals surface area contributed by atoms with Gasteiger partial charge in [0, 0.05) is 58.8 Å². The largest absolute Gasteiger partial charge is 0.595 e. The van der Waals surface area contributed by atoms with E-state index in [1.165, 1.54) is 6.07 Å². The second-order valence-corrected chi connectivity index (χ2v) is 10.3. The number of nitrogens with zero attached hydrogens (tertiary/aromatic N) is 2. The molecular weight excluding hydrogens is 494 g/mol. The number of piperazine rings is 1. The van der Waals surface area contributed by atoms with Crippen molar-refractivity contribution in [3.05, 3.63) is 107 Å². The number of H-pyrrole nitrogens is 2. The molecule has 2 aromatic heterocycles. The third-order valence-corrected chi connectivity index (χ3v) is 8.12. The van der Waals surface area contributed by atoms with E-state index in [-0.39, 0.29) is 24.0 Å². The van der Waals surface area contributed by atoms with Crippen LogP contribution in [0.1, 0.15) is 28.4 Å². The molecule has 2 aliphatic heterocycles. The molecule has 0 spiro atoms. The highest BCUT2D eigenvalue weighted by Gasteiger charge is 2.48. The molecular formula is C30H27N5O4. The lowest BCUT2D eigenvalue weighted by atomic mass is 9.86. The predicted molar refractivity (Wildman–Crippen MR) is 145 cm³/mol. The molecule has 0 saturated carbocycles. The highest BCUT2D eigenvalue weighted by molar-refractivity contribution is 5.97. The molecule has 0 radical (unpaired) electrons. The lowest BCUT2D eigenvalue weighted by molar-refractivity contribution is -0.991. The third kappa shape index (κ3) is 3.82. The summed E-state index contributed by atoms with van der Waals surface area (Å²) in [5.41, 5.74) is 5.73. The SMILES string of the molecule is O=C1C2Cc3c([nH]c4ccccc34)C(c3cccc([NH+]([O-])O)c3)N2C(=O)CN1CCc1c[nH]c2ccccc12. The average Bonchev–Trinajstić information content (AvgIpc) is 3.54. The van der Waals surface area contributed by atoms with Crippen LogP contribution < -0.4 is 5.23 Å². The van der Waals surface area contributed by atoms with Gasteiger partial charge < -0.3 is 25.0 Å². The minimum atomic E-state index is -1.04. The number of carbonyl (C=O) groups excluding carboxylic acids is 2. The first-order chi connectivity index (χ1) is 19.0. The number of aromatic amines is 2. The maximum atomic E-state index is 14.0. The van der Waals surface area contributed by atoms with Gasteiger partial charge in [0.15, 0.2) is 5.69 Å². The van der Waals surface area contributed by atoms with Crippen LogP contribution in [0, 0.1) is 5.21 Å². The molecule has 196 valence electrons. The number of amides is 2. The summed E-state index contributed by atoms with van der Waals surface area (Å²) in [4.78, 5) is 37.9. The van der Waals surface area contributed by atoms with E-state index < -0.39 is 17.3 Å². The van der Waals surface area contributed by atoms with Gasteiger partial charge in [-0.3, -0.25) is 9.59 Å². The zero-order chi connectivity index (χ0) is 26.7. The molecule has 39 heavy (non-hydrogen) atoms. The number of quaternary nitrogens is 1. The Kier molecular flexibility index (Phi) is 5.52. The lowest BCUT2D eigenvalue weighted by Crippen LogP contribution is -2.99. The van der Waals surface area contributed by atoms with Gasteiger partial charge in [0.25, 0.3) is 0 Å². The van der Waals surface area contributed by atoms with Crippen LogP contribution >= 0.6 is 0 Å². The Balaban J connectivity index is 1.26. The number of para-hydroxylation sites is 2. The van der Waals surface area contributed by atoms with Crippen molar-refractivity contribution in [1.29, 1.82) is 0 Å². The summed E-state index contributed by atoms with van der Waals surface area (Å²) in [6.45, 7) is 0.430. The number of carbonyl (C=O) groups is 2. The van der Waals surface area contributed by atoms with Gasteiger partial charge in [-0.25, -0.2) is 5.21 Å². The van der Waals surface area contributed by atoms with Crippen LogP contribution in [0.25, 0.3) is 21.8 Å². The molecule has 4 heterocycles. The molecule has 3 unspecified atom stereocenters. The molecule has 7 rings (SSSR count). The lowest BCUT2D eigenvalue weighted by Gasteiger charge is -2.47. The van der Waals surface area contributed by atoms with Crippen LogP contribution in [0.2, 0.25) is 0 Å². The van der Waals surface area contributed by atoms with Crippen molar-refractivity contribution in [3.63, 3.8) is 0 Å². The van der Waals surface area contributed by atoms with E-state index in [9.17, 15) is 20.0 Å². The van der Waals surface area contributed by atoms with Crippen molar-refractivity contribution in [1.82, 2.24) is 19.8 Å². The zero-order valence-corrected chi connectivity index (χ0v) is 21.1. The number of rotatable bonds is 5. The molecule has 2 amide bonds. The Hall–Kier alpha value is -4.44. The van der Waals surface area contributed by atoms with E-state index in [4.69, 9.17) is 0 Å². The normalized spacial score (nSPS) is 19.9. The third-order valence-electron chi connectivity index (χ3n) is 8.12. The fourth-order valence-electron chi connectivity index (χ4n) is 6.29. The van der Waals surface area contributed by atoms with Crippen molar-refractivity contribution in [2.75, 3.05) is 13.1 Å². The summed E-state index contributed by atoms with van der Waals surface area (Å²) in [5, 5.41) is 22.5. The van der Waals surface area contributed by atoms with Crippen molar-refractivity contribution in [2.24, 2.45) is 0 Å². The standard InChI is InChI=1S/C30H27N5O4/c36-27-17-33(13-12-19-16-31-24-10-3-1-8-21(19)24)30(37)26-15-23-22-9-2-4-11-25(22)32-28(23)29(34(26)27)18-6-5-7-20(14-18)35(38)39/h1-11,14,16,26,29,31-32,35,38H,12-13,15,17H2. The molecule has 0 aliphatic carbocycles. The van der Waals surface area contributed by atoms with E-state index in [2.05, 4.69) is 16.0 Å². The number of hydrogen-bond donors (Lipinski definition) is 4. The van der Waals surface area contributed by atoms with E-state index in [1.54, 1.807) is 21.9 Å². The van der Waals surface area contributed by atoms with Crippen LogP contribution in [0.5, 0.6) is 0 Å². The number of hydrogen-bond acceptors (Lipinski definition) is 4. The number of aromatic nitrogens is 2. The van der Waals surface area contributed by atoms with Gasteiger partial charge >= 0.3 is 0 Å². The van der Waals surface area contributed by atoms with Gasteiger partial charge in [0.2, 0.25) is 11.8 Å². The quantitative estimate of drug-likeness (QED) is 0.266. The fraction of sp³-hybridized carbons (Fsp3) is 0.200. The van der Waals surface area contributed by atoms with Crippen molar-refractivity contribution in [3.8, 4) is 0 Å². The van der Waals surface area contributed by atoms with Crippen molar-refractivity contribution >= 4 is 39.3 Å². The highest BCUT2D eigenvalue weighted by atomic mass is 16.8. The first-order valence-electron chi connectivity index (χ1n) is 13.1. The second kappa shape index (κ2) is 9.09. The maximum absolute atomic E-state index is 14.0. The first-order valence-corrected chi connectivity index (χ1v) is 13.1. The molecule has 5 aromatic rings. The summed E-state index contributed by atoms with van der Waals surface area (Å²) in [6.07, 6.45) is 3.01. The Labute approximate surface area is 223 Å². The van der Waals surface area contributed by atoms with Crippen LogP contribution in [0.3, 0.4) is 0 Å². The monoisotopic (exact) mass is 521 g/mol. The first kappa shape index (κ1) is 23.7. The van der Waals surface area contributed by atoms with Crippen LogP contribution in [-0.4, -0.2) is 55.9 Å². The minimum absolute atomic E-state index is 0.0115. The summed E-state index contributed by atoms with van der Waals surface area (Å²) < 4.78 is 0. The molecule has 0 bridgehead atoms.